The van der Waals surface area contributed by atoms with Crippen LogP contribution in [0.5, 0.6) is 0 Å². The Balaban J connectivity index is 1.47. The van der Waals surface area contributed by atoms with Gasteiger partial charge in [-0.2, -0.15) is 0 Å². The van der Waals surface area contributed by atoms with E-state index in [1.807, 2.05) is 36.7 Å². The number of aryl methyl sites for hydroxylation is 1. The smallest absolute Gasteiger partial charge is 0.159 e. The van der Waals surface area contributed by atoms with E-state index in [0.29, 0.717) is 0 Å². The van der Waals surface area contributed by atoms with Crippen molar-refractivity contribution in [1.29, 1.82) is 0 Å². The molecular formula is C24H26N4O. The van der Waals surface area contributed by atoms with E-state index >= 15 is 0 Å². The van der Waals surface area contributed by atoms with Crippen molar-refractivity contribution >= 4 is 17.3 Å². The molecule has 0 N–H and O–H groups in total. The number of carbonyl (C=O) groups excluding carboxylic acids is 1. The van der Waals surface area contributed by atoms with E-state index in [4.69, 9.17) is 4.98 Å². The average molecular weight is 386 g/mol. The SMILES string of the molecule is CC(=O)c1ccc(N2CCN(c3cncc(-c4cccc(C)c4C)n3)CC2)cc1. The van der Waals surface area contributed by atoms with E-state index in [-0.39, 0.29) is 5.78 Å². The van der Waals surface area contributed by atoms with E-state index < -0.39 is 0 Å². The van der Waals surface area contributed by atoms with Gasteiger partial charge in [-0.15, -0.1) is 0 Å². The Kier molecular flexibility index (Phi) is 5.30. The molecule has 29 heavy (non-hydrogen) atoms. The topological polar surface area (TPSA) is 49.3 Å². The number of nitrogens with zero attached hydrogens (tertiary/aromatic N) is 4. The highest BCUT2D eigenvalue weighted by atomic mass is 16.1. The van der Waals surface area contributed by atoms with Gasteiger partial charge in [0.1, 0.15) is 5.82 Å². The molecule has 4 rings (SSSR count). The lowest BCUT2D eigenvalue weighted by Gasteiger charge is -2.36. The first-order chi connectivity index (χ1) is 14.0. The molecule has 1 aromatic heterocycles. The maximum atomic E-state index is 11.5. The highest BCUT2D eigenvalue weighted by Crippen LogP contribution is 2.26. The van der Waals surface area contributed by atoms with Gasteiger partial charge in [-0.3, -0.25) is 9.78 Å². The number of ketones is 1. The van der Waals surface area contributed by atoms with Crippen LogP contribution in [-0.4, -0.2) is 41.9 Å². The predicted octanol–water partition coefficient (Wildman–Crippen LogP) is 4.29. The first-order valence-electron chi connectivity index (χ1n) is 10.0. The molecule has 1 saturated heterocycles. The molecule has 5 heteroatoms. The summed E-state index contributed by atoms with van der Waals surface area (Å²) in [5.41, 5.74) is 6.49. The van der Waals surface area contributed by atoms with Crippen LogP contribution in [0, 0.1) is 13.8 Å². The van der Waals surface area contributed by atoms with Gasteiger partial charge in [-0.25, -0.2) is 4.98 Å². The molecule has 0 unspecified atom stereocenters. The summed E-state index contributed by atoms with van der Waals surface area (Å²) in [6, 6.07) is 14.2. The van der Waals surface area contributed by atoms with Gasteiger partial charge in [0.2, 0.25) is 0 Å². The third-order valence-electron chi connectivity index (χ3n) is 5.75. The number of carbonyl (C=O) groups is 1. The molecule has 2 aromatic carbocycles. The zero-order valence-electron chi connectivity index (χ0n) is 17.2. The zero-order valence-corrected chi connectivity index (χ0v) is 17.2. The molecule has 1 aliphatic rings. The second-order valence-corrected chi connectivity index (χ2v) is 7.59. The largest absolute Gasteiger partial charge is 0.368 e. The lowest BCUT2D eigenvalue weighted by atomic mass is 10.0. The maximum absolute atomic E-state index is 11.5. The van der Waals surface area contributed by atoms with E-state index in [9.17, 15) is 4.79 Å². The lowest BCUT2D eigenvalue weighted by molar-refractivity contribution is 0.101. The summed E-state index contributed by atoms with van der Waals surface area (Å²) < 4.78 is 0. The van der Waals surface area contributed by atoms with Crippen LogP contribution in [0.15, 0.2) is 54.9 Å². The second kappa shape index (κ2) is 8.03. The minimum atomic E-state index is 0.101. The van der Waals surface area contributed by atoms with Crippen molar-refractivity contribution in [3.05, 3.63) is 71.5 Å². The maximum Gasteiger partial charge on any atom is 0.159 e. The summed E-state index contributed by atoms with van der Waals surface area (Å²) in [5, 5.41) is 0. The van der Waals surface area contributed by atoms with Gasteiger partial charge in [0, 0.05) is 43.0 Å². The molecule has 0 radical (unpaired) electrons. The molecule has 0 amide bonds. The summed E-state index contributed by atoms with van der Waals surface area (Å²) in [6.07, 6.45) is 3.70. The molecule has 1 aliphatic heterocycles. The number of anilines is 2. The molecule has 148 valence electrons. The molecule has 2 heterocycles. The van der Waals surface area contributed by atoms with Gasteiger partial charge < -0.3 is 9.80 Å². The lowest BCUT2D eigenvalue weighted by Crippen LogP contribution is -2.46. The number of piperazine rings is 1. The van der Waals surface area contributed by atoms with Crippen molar-refractivity contribution in [2.75, 3.05) is 36.0 Å². The highest BCUT2D eigenvalue weighted by molar-refractivity contribution is 5.94. The zero-order chi connectivity index (χ0) is 20.4. The number of benzene rings is 2. The summed E-state index contributed by atoms with van der Waals surface area (Å²) in [7, 11) is 0. The Bertz CT molecular complexity index is 1020. The monoisotopic (exact) mass is 386 g/mol. The fraction of sp³-hybridized carbons (Fsp3) is 0.292. The Hall–Kier alpha value is -3.21. The van der Waals surface area contributed by atoms with Crippen molar-refractivity contribution < 1.29 is 4.79 Å². The number of rotatable bonds is 4. The first-order valence-corrected chi connectivity index (χ1v) is 10.0. The van der Waals surface area contributed by atoms with Gasteiger partial charge in [0.05, 0.1) is 18.1 Å². The summed E-state index contributed by atoms with van der Waals surface area (Å²) in [5.74, 6) is 1.03. The van der Waals surface area contributed by atoms with E-state index in [1.165, 1.54) is 11.1 Å². The Labute approximate surface area is 172 Å². The van der Waals surface area contributed by atoms with Gasteiger partial charge in [0.25, 0.3) is 0 Å². The molecule has 5 nitrogen and oxygen atoms in total. The number of Topliss-reactive ketones (excluding diaryl/α,β-unsaturated/α-hetero) is 1. The van der Waals surface area contributed by atoms with Gasteiger partial charge in [0.15, 0.2) is 5.78 Å². The van der Waals surface area contributed by atoms with Crippen LogP contribution in [-0.2, 0) is 0 Å². The standard InChI is InChI=1S/C24H26N4O/c1-17-5-4-6-22(18(17)2)23-15-25-16-24(26-23)28-13-11-27(12-14-28)21-9-7-20(8-10-21)19(3)29/h4-10,15-16H,11-14H2,1-3H3. The molecule has 3 aromatic rings. The Morgan fingerprint density at radius 3 is 2.28 bits per heavy atom. The summed E-state index contributed by atoms with van der Waals surface area (Å²) >= 11 is 0. The van der Waals surface area contributed by atoms with Crippen LogP contribution < -0.4 is 9.80 Å². The summed E-state index contributed by atoms with van der Waals surface area (Å²) in [4.78, 5) is 25.5. The van der Waals surface area contributed by atoms with Crippen molar-refractivity contribution in [3.63, 3.8) is 0 Å². The minimum absolute atomic E-state index is 0.101. The van der Waals surface area contributed by atoms with Crippen LogP contribution in [0.4, 0.5) is 11.5 Å². The van der Waals surface area contributed by atoms with Crippen LogP contribution in [0.25, 0.3) is 11.3 Å². The highest BCUT2D eigenvalue weighted by Gasteiger charge is 2.19. The Morgan fingerprint density at radius 2 is 1.59 bits per heavy atom. The third-order valence-corrected chi connectivity index (χ3v) is 5.75. The fourth-order valence-electron chi connectivity index (χ4n) is 3.77. The number of hydrogen-bond donors (Lipinski definition) is 0. The van der Waals surface area contributed by atoms with E-state index in [0.717, 1.165) is 54.5 Å². The molecule has 0 spiro atoms. The van der Waals surface area contributed by atoms with Crippen LogP contribution >= 0.6 is 0 Å². The molecule has 0 atom stereocenters. The second-order valence-electron chi connectivity index (χ2n) is 7.59. The van der Waals surface area contributed by atoms with Gasteiger partial charge in [-0.1, -0.05) is 18.2 Å². The molecule has 0 bridgehead atoms. The van der Waals surface area contributed by atoms with Crippen molar-refractivity contribution in [1.82, 2.24) is 9.97 Å². The number of aromatic nitrogens is 2. The van der Waals surface area contributed by atoms with E-state index in [1.54, 1.807) is 6.92 Å². The fourth-order valence-corrected chi connectivity index (χ4v) is 3.77. The average Bonchev–Trinajstić information content (AvgIpc) is 2.76. The van der Waals surface area contributed by atoms with Gasteiger partial charge >= 0.3 is 0 Å². The van der Waals surface area contributed by atoms with Crippen molar-refractivity contribution in [3.8, 4) is 11.3 Å². The van der Waals surface area contributed by atoms with Gasteiger partial charge in [-0.05, 0) is 56.2 Å². The number of hydrogen-bond acceptors (Lipinski definition) is 5. The van der Waals surface area contributed by atoms with Crippen LogP contribution in [0.3, 0.4) is 0 Å². The molecule has 0 saturated carbocycles. The predicted molar refractivity (Wildman–Crippen MR) is 118 cm³/mol. The van der Waals surface area contributed by atoms with Crippen LogP contribution in [0.2, 0.25) is 0 Å². The molecular weight excluding hydrogens is 360 g/mol. The quantitative estimate of drug-likeness (QED) is 0.626. The molecule has 1 fully saturated rings. The summed E-state index contributed by atoms with van der Waals surface area (Å²) in [6.45, 7) is 9.46. The normalized spacial score (nSPS) is 14.2. The minimum Gasteiger partial charge on any atom is -0.368 e. The first kappa shape index (κ1) is 19.1. The van der Waals surface area contributed by atoms with E-state index in [2.05, 4.69) is 46.8 Å². The Morgan fingerprint density at radius 1 is 0.897 bits per heavy atom. The molecule has 0 aliphatic carbocycles. The van der Waals surface area contributed by atoms with Crippen LogP contribution in [0.1, 0.15) is 28.4 Å². The third kappa shape index (κ3) is 3.99. The van der Waals surface area contributed by atoms with Crippen molar-refractivity contribution in [2.45, 2.75) is 20.8 Å². The van der Waals surface area contributed by atoms with Crippen molar-refractivity contribution in [2.24, 2.45) is 0 Å².